The van der Waals surface area contributed by atoms with Crippen molar-refractivity contribution in [2.75, 3.05) is 0 Å². The molecule has 2 aromatic heterocycles. The Hall–Kier alpha value is -1.93. The molecule has 1 amide bonds. The molecule has 0 saturated heterocycles. The Morgan fingerprint density at radius 3 is 3.21 bits per heavy atom. The van der Waals surface area contributed by atoms with E-state index in [1.807, 2.05) is 16.3 Å². The van der Waals surface area contributed by atoms with Crippen LogP contribution in [0, 0.1) is 0 Å². The van der Waals surface area contributed by atoms with Gasteiger partial charge >= 0.3 is 0 Å². The van der Waals surface area contributed by atoms with Crippen LogP contribution >= 0.6 is 11.3 Å². The number of carbonyl (C=O) groups excluding carboxylic acids is 1. The number of aromatic nitrogens is 3. The number of ether oxygens (including phenoxy) is 1. The molecule has 0 bridgehead atoms. The number of nitrogens with zero attached hydrogens (tertiary/aromatic N) is 3. The predicted molar refractivity (Wildman–Crippen MR) is 70.6 cm³/mol. The lowest BCUT2D eigenvalue weighted by Gasteiger charge is -1.99. The molecule has 2 rings (SSSR count). The average Bonchev–Trinajstić information content (AvgIpc) is 3.05. The summed E-state index contributed by atoms with van der Waals surface area (Å²) in [5.74, 6) is 5.32. The van der Waals surface area contributed by atoms with E-state index in [0.717, 1.165) is 13.0 Å². The normalized spacial score (nSPS) is 10.4. The van der Waals surface area contributed by atoms with Gasteiger partial charge in [-0.3, -0.25) is 14.9 Å². The summed E-state index contributed by atoms with van der Waals surface area (Å²) in [6.45, 7) is 3.24. The molecular formula is C11H15N5O2S. The second-order valence-corrected chi connectivity index (χ2v) is 4.70. The molecular weight excluding hydrogens is 266 g/mol. The highest BCUT2D eigenvalue weighted by molar-refractivity contribution is 7.11. The van der Waals surface area contributed by atoms with Crippen molar-refractivity contribution in [2.45, 2.75) is 26.5 Å². The highest BCUT2D eigenvalue weighted by Crippen LogP contribution is 2.14. The molecule has 7 nitrogen and oxygen atoms in total. The lowest BCUT2D eigenvalue weighted by Crippen LogP contribution is -2.29. The highest BCUT2D eigenvalue weighted by Gasteiger charge is 2.10. The smallest absolute Gasteiger partial charge is 0.294 e. The Balaban J connectivity index is 1.90. The van der Waals surface area contributed by atoms with Gasteiger partial charge in [0.2, 0.25) is 0 Å². The number of thiazole rings is 1. The highest BCUT2D eigenvalue weighted by atomic mass is 32.1. The largest absolute Gasteiger partial charge is 0.484 e. The van der Waals surface area contributed by atoms with Crippen LogP contribution in [0.15, 0.2) is 17.8 Å². The SMILES string of the molecule is CCCn1cc(OCc2csc(C(=O)NN)n2)cn1. The summed E-state index contributed by atoms with van der Waals surface area (Å²) in [7, 11) is 0. The summed E-state index contributed by atoms with van der Waals surface area (Å²) < 4.78 is 7.37. The predicted octanol–water partition coefficient (Wildman–Crippen LogP) is 0.932. The summed E-state index contributed by atoms with van der Waals surface area (Å²) in [6.07, 6.45) is 4.52. The molecule has 2 heterocycles. The van der Waals surface area contributed by atoms with Crippen LogP contribution in [0.5, 0.6) is 5.75 Å². The first-order valence-corrected chi connectivity index (χ1v) is 6.71. The molecule has 0 spiro atoms. The zero-order valence-corrected chi connectivity index (χ0v) is 11.3. The van der Waals surface area contributed by atoms with E-state index in [9.17, 15) is 4.79 Å². The molecule has 19 heavy (non-hydrogen) atoms. The summed E-state index contributed by atoms with van der Waals surface area (Å²) >= 11 is 1.23. The van der Waals surface area contributed by atoms with E-state index in [-0.39, 0.29) is 0 Å². The topological polar surface area (TPSA) is 95.1 Å². The quantitative estimate of drug-likeness (QED) is 0.466. The first kappa shape index (κ1) is 13.5. The fourth-order valence-electron chi connectivity index (χ4n) is 1.47. The summed E-state index contributed by atoms with van der Waals surface area (Å²) in [5, 5.41) is 6.25. The zero-order valence-electron chi connectivity index (χ0n) is 10.5. The van der Waals surface area contributed by atoms with Crippen molar-refractivity contribution in [1.29, 1.82) is 0 Å². The average molecular weight is 281 g/mol. The Bertz CT molecular complexity index is 551. The second-order valence-electron chi connectivity index (χ2n) is 3.85. The standard InChI is InChI=1S/C11H15N5O2S/c1-2-3-16-5-9(4-13-16)18-6-8-7-19-11(14-8)10(17)15-12/h4-5,7H,2-3,6,12H2,1H3,(H,15,17). The molecule has 2 aromatic rings. The van der Waals surface area contributed by atoms with Gasteiger partial charge in [0.15, 0.2) is 10.8 Å². The number of hydrogen-bond acceptors (Lipinski definition) is 6. The third-order valence-electron chi connectivity index (χ3n) is 2.33. The minimum Gasteiger partial charge on any atom is -0.484 e. The maximum Gasteiger partial charge on any atom is 0.294 e. The summed E-state index contributed by atoms with van der Waals surface area (Å²) in [5.41, 5.74) is 2.73. The third kappa shape index (κ3) is 3.52. The van der Waals surface area contributed by atoms with Gasteiger partial charge in [0.1, 0.15) is 6.61 Å². The number of nitrogens with two attached hydrogens (primary N) is 1. The minimum absolute atomic E-state index is 0.298. The minimum atomic E-state index is -0.396. The summed E-state index contributed by atoms with van der Waals surface area (Å²) in [6, 6.07) is 0. The first-order chi connectivity index (χ1) is 9.22. The van der Waals surface area contributed by atoms with E-state index in [0.29, 0.717) is 23.1 Å². The van der Waals surface area contributed by atoms with Crippen LogP contribution in [-0.2, 0) is 13.2 Å². The molecule has 0 aliphatic rings. The molecule has 102 valence electrons. The van der Waals surface area contributed by atoms with E-state index >= 15 is 0 Å². The van der Waals surface area contributed by atoms with Crippen molar-refractivity contribution in [2.24, 2.45) is 5.84 Å². The van der Waals surface area contributed by atoms with E-state index in [1.165, 1.54) is 11.3 Å². The molecule has 0 aliphatic carbocycles. The van der Waals surface area contributed by atoms with Crippen molar-refractivity contribution < 1.29 is 9.53 Å². The molecule has 0 radical (unpaired) electrons. The number of amides is 1. The summed E-state index contributed by atoms with van der Waals surface area (Å²) in [4.78, 5) is 15.3. The van der Waals surface area contributed by atoms with Crippen molar-refractivity contribution >= 4 is 17.2 Å². The van der Waals surface area contributed by atoms with E-state index in [1.54, 1.807) is 11.6 Å². The zero-order chi connectivity index (χ0) is 13.7. The fraction of sp³-hybridized carbons (Fsp3) is 0.364. The molecule has 0 saturated carbocycles. The van der Waals surface area contributed by atoms with Gasteiger partial charge in [-0.15, -0.1) is 11.3 Å². The number of nitrogens with one attached hydrogen (secondary N) is 1. The van der Waals surface area contributed by atoms with Crippen LogP contribution < -0.4 is 16.0 Å². The van der Waals surface area contributed by atoms with Gasteiger partial charge in [-0.05, 0) is 6.42 Å². The fourth-order valence-corrected chi connectivity index (χ4v) is 2.17. The molecule has 0 aromatic carbocycles. The Morgan fingerprint density at radius 2 is 2.47 bits per heavy atom. The van der Waals surface area contributed by atoms with Gasteiger partial charge in [0.05, 0.1) is 18.1 Å². The van der Waals surface area contributed by atoms with Crippen LogP contribution in [0.1, 0.15) is 28.8 Å². The molecule has 0 atom stereocenters. The van der Waals surface area contributed by atoms with Gasteiger partial charge in [0.25, 0.3) is 5.91 Å². The molecule has 8 heteroatoms. The van der Waals surface area contributed by atoms with E-state index in [4.69, 9.17) is 10.6 Å². The first-order valence-electron chi connectivity index (χ1n) is 5.83. The van der Waals surface area contributed by atoms with Gasteiger partial charge < -0.3 is 4.74 Å². The number of aryl methyl sites for hydroxylation is 1. The van der Waals surface area contributed by atoms with Crippen LogP contribution in [0.25, 0.3) is 0 Å². The van der Waals surface area contributed by atoms with Crippen LogP contribution in [0.4, 0.5) is 0 Å². The van der Waals surface area contributed by atoms with E-state index < -0.39 is 5.91 Å². The van der Waals surface area contributed by atoms with Crippen LogP contribution in [-0.4, -0.2) is 20.7 Å². The van der Waals surface area contributed by atoms with Gasteiger partial charge in [-0.1, -0.05) is 6.92 Å². The lowest BCUT2D eigenvalue weighted by molar-refractivity contribution is 0.0953. The molecule has 0 aliphatic heterocycles. The number of rotatable bonds is 6. The Labute approximate surface area is 114 Å². The monoisotopic (exact) mass is 281 g/mol. The molecule has 3 N–H and O–H groups in total. The van der Waals surface area contributed by atoms with Gasteiger partial charge in [0, 0.05) is 11.9 Å². The maximum absolute atomic E-state index is 11.2. The van der Waals surface area contributed by atoms with E-state index in [2.05, 4.69) is 17.0 Å². The van der Waals surface area contributed by atoms with Crippen molar-refractivity contribution in [3.05, 3.63) is 28.5 Å². The van der Waals surface area contributed by atoms with Gasteiger partial charge in [-0.2, -0.15) is 5.10 Å². The van der Waals surface area contributed by atoms with Gasteiger partial charge in [-0.25, -0.2) is 10.8 Å². The second kappa shape index (κ2) is 6.30. The number of nitrogen functional groups attached to an aromatic ring is 1. The number of carbonyl (C=O) groups is 1. The van der Waals surface area contributed by atoms with Crippen molar-refractivity contribution in [3.63, 3.8) is 0 Å². The van der Waals surface area contributed by atoms with Crippen molar-refractivity contribution in [3.8, 4) is 5.75 Å². The van der Waals surface area contributed by atoms with Crippen LogP contribution in [0.2, 0.25) is 0 Å². The van der Waals surface area contributed by atoms with Crippen LogP contribution in [0.3, 0.4) is 0 Å². The maximum atomic E-state index is 11.2. The third-order valence-corrected chi connectivity index (χ3v) is 3.22. The van der Waals surface area contributed by atoms with Crippen molar-refractivity contribution in [1.82, 2.24) is 20.2 Å². The number of hydrogen-bond donors (Lipinski definition) is 2. The molecule has 0 unspecified atom stereocenters. The number of hydrazine groups is 1. The Morgan fingerprint density at radius 1 is 1.63 bits per heavy atom. The Kier molecular flexibility index (Phi) is 4.48. The molecule has 0 fully saturated rings. The lowest BCUT2D eigenvalue weighted by atomic mass is 10.5.